The minimum absolute atomic E-state index is 0.122. The van der Waals surface area contributed by atoms with Crippen molar-refractivity contribution in [2.24, 2.45) is 0 Å². The molecule has 2 N–H and O–H groups in total. The third-order valence-electron chi connectivity index (χ3n) is 3.12. The molecular weight excluding hydrogens is 260 g/mol. The number of carboxylic acids is 1. The van der Waals surface area contributed by atoms with Crippen molar-refractivity contribution in [1.82, 2.24) is 5.32 Å². The van der Waals surface area contributed by atoms with Crippen molar-refractivity contribution in [2.45, 2.75) is 19.3 Å². The highest BCUT2D eigenvalue weighted by Crippen LogP contribution is 2.21. The summed E-state index contributed by atoms with van der Waals surface area (Å²) in [7, 11) is 0. The van der Waals surface area contributed by atoms with Gasteiger partial charge in [0.2, 0.25) is 11.8 Å². The number of hydrogen-bond donors (Lipinski definition) is 2. The molecule has 6 heteroatoms. The lowest BCUT2D eigenvalue weighted by atomic mass is 10.1. The van der Waals surface area contributed by atoms with E-state index in [9.17, 15) is 14.4 Å². The molecule has 1 aliphatic heterocycles. The first kappa shape index (κ1) is 14.0. The van der Waals surface area contributed by atoms with Crippen LogP contribution in [0.3, 0.4) is 0 Å². The molecule has 1 fully saturated rings. The van der Waals surface area contributed by atoms with Crippen molar-refractivity contribution in [2.75, 3.05) is 18.0 Å². The highest BCUT2D eigenvalue weighted by Gasteiger charge is 2.21. The molecule has 20 heavy (non-hydrogen) atoms. The number of rotatable bonds is 5. The fourth-order valence-electron chi connectivity index (χ4n) is 2.14. The van der Waals surface area contributed by atoms with Crippen molar-refractivity contribution in [1.29, 1.82) is 0 Å². The second-order valence-electron chi connectivity index (χ2n) is 4.66. The molecular formula is C14H16N2O4. The van der Waals surface area contributed by atoms with Gasteiger partial charge in [0.25, 0.3) is 0 Å². The Balaban J connectivity index is 1.93. The molecule has 1 aromatic carbocycles. The van der Waals surface area contributed by atoms with Gasteiger partial charge >= 0.3 is 5.97 Å². The Bertz CT molecular complexity index is 524. The van der Waals surface area contributed by atoms with Gasteiger partial charge in [-0.3, -0.25) is 14.4 Å². The average molecular weight is 276 g/mol. The van der Waals surface area contributed by atoms with Gasteiger partial charge in [-0.05, 0) is 24.1 Å². The van der Waals surface area contributed by atoms with Gasteiger partial charge in [-0.2, -0.15) is 0 Å². The first-order valence-electron chi connectivity index (χ1n) is 6.44. The summed E-state index contributed by atoms with van der Waals surface area (Å²) < 4.78 is 0. The number of carbonyl (C=O) groups excluding carboxylic acids is 2. The lowest BCUT2D eigenvalue weighted by Gasteiger charge is -2.15. The van der Waals surface area contributed by atoms with Gasteiger partial charge in [0.05, 0.1) is 6.42 Å². The van der Waals surface area contributed by atoms with E-state index in [1.54, 1.807) is 17.0 Å². The first-order chi connectivity index (χ1) is 9.56. The molecule has 0 bridgehead atoms. The molecule has 1 aliphatic rings. The topological polar surface area (TPSA) is 86.7 Å². The van der Waals surface area contributed by atoms with Crippen molar-refractivity contribution < 1.29 is 19.5 Å². The van der Waals surface area contributed by atoms with Crippen molar-refractivity contribution in [3.8, 4) is 0 Å². The van der Waals surface area contributed by atoms with Crippen LogP contribution in [-0.2, 0) is 20.8 Å². The van der Waals surface area contributed by atoms with Crippen LogP contribution in [0.5, 0.6) is 0 Å². The fourth-order valence-corrected chi connectivity index (χ4v) is 2.14. The molecule has 0 spiro atoms. The number of carboxylic acid groups (broad SMARTS) is 1. The third kappa shape index (κ3) is 3.57. The predicted octanol–water partition coefficient (Wildman–Crippen LogP) is 0.557. The third-order valence-corrected chi connectivity index (χ3v) is 3.12. The summed E-state index contributed by atoms with van der Waals surface area (Å²) >= 11 is 0. The smallest absolute Gasteiger partial charge is 0.322 e. The van der Waals surface area contributed by atoms with E-state index in [4.69, 9.17) is 5.11 Å². The highest BCUT2D eigenvalue weighted by molar-refractivity contribution is 5.95. The van der Waals surface area contributed by atoms with E-state index < -0.39 is 5.97 Å². The predicted molar refractivity (Wildman–Crippen MR) is 72.4 cm³/mol. The molecule has 0 radical (unpaired) electrons. The van der Waals surface area contributed by atoms with E-state index in [-0.39, 0.29) is 24.8 Å². The normalized spacial score (nSPS) is 14.4. The lowest BCUT2D eigenvalue weighted by molar-refractivity contribution is -0.137. The maximum atomic E-state index is 11.6. The molecule has 1 saturated heterocycles. The van der Waals surface area contributed by atoms with E-state index in [0.717, 1.165) is 24.2 Å². The molecule has 1 heterocycles. The second kappa shape index (κ2) is 6.18. The number of nitrogens with one attached hydrogen (secondary N) is 1. The molecule has 6 nitrogen and oxygen atoms in total. The summed E-state index contributed by atoms with van der Waals surface area (Å²) in [6.07, 6.45) is 1.58. The number of hydrogen-bond acceptors (Lipinski definition) is 3. The van der Waals surface area contributed by atoms with Crippen LogP contribution in [0.25, 0.3) is 0 Å². The Morgan fingerprint density at radius 3 is 2.50 bits per heavy atom. The number of aliphatic carboxylic acids is 1. The number of benzene rings is 1. The molecule has 106 valence electrons. The van der Waals surface area contributed by atoms with E-state index in [1.165, 1.54) is 0 Å². The van der Waals surface area contributed by atoms with Crippen molar-refractivity contribution >= 4 is 23.5 Å². The second-order valence-corrected chi connectivity index (χ2v) is 4.66. The summed E-state index contributed by atoms with van der Waals surface area (Å²) in [6.45, 7) is 0.358. The molecule has 2 rings (SSSR count). The number of amides is 2. The number of nitrogens with zero attached hydrogens (tertiary/aromatic N) is 1. The van der Waals surface area contributed by atoms with Crippen LogP contribution in [0.4, 0.5) is 5.69 Å². The van der Waals surface area contributed by atoms with Crippen LogP contribution >= 0.6 is 0 Å². The zero-order valence-electron chi connectivity index (χ0n) is 11.0. The largest absolute Gasteiger partial charge is 0.480 e. The Hall–Kier alpha value is -2.37. The monoisotopic (exact) mass is 276 g/mol. The van der Waals surface area contributed by atoms with Gasteiger partial charge in [0.1, 0.15) is 6.54 Å². The van der Waals surface area contributed by atoms with Crippen LogP contribution in [0.2, 0.25) is 0 Å². The van der Waals surface area contributed by atoms with E-state index in [1.807, 2.05) is 12.1 Å². The zero-order chi connectivity index (χ0) is 14.5. The Kier molecular flexibility index (Phi) is 4.34. The maximum Gasteiger partial charge on any atom is 0.322 e. The van der Waals surface area contributed by atoms with Gasteiger partial charge in [-0.15, -0.1) is 0 Å². The number of carbonyl (C=O) groups is 3. The summed E-state index contributed by atoms with van der Waals surface area (Å²) in [5, 5.41) is 10.8. The van der Waals surface area contributed by atoms with Crippen LogP contribution in [0.1, 0.15) is 18.4 Å². The summed E-state index contributed by atoms with van der Waals surface area (Å²) in [5.74, 6) is -1.28. The van der Waals surface area contributed by atoms with Gasteiger partial charge < -0.3 is 15.3 Å². The van der Waals surface area contributed by atoms with Gasteiger partial charge in [-0.1, -0.05) is 12.1 Å². The van der Waals surface area contributed by atoms with E-state index >= 15 is 0 Å². The van der Waals surface area contributed by atoms with Crippen molar-refractivity contribution in [3.63, 3.8) is 0 Å². The molecule has 0 unspecified atom stereocenters. The fraction of sp³-hybridized carbons (Fsp3) is 0.357. The minimum atomic E-state index is -1.07. The maximum absolute atomic E-state index is 11.6. The SMILES string of the molecule is O=C(O)CNC(=O)Cc1ccc(N2CCCC2=O)cc1. The number of anilines is 1. The Morgan fingerprint density at radius 1 is 1.25 bits per heavy atom. The van der Waals surface area contributed by atoms with Crippen LogP contribution in [0.15, 0.2) is 24.3 Å². The van der Waals surface area contributed by atoms with Crippen LogP contribution < -0.4 is 10.2 Å². The minimum Gasteiger partial charge on any atom is -0.480 e. The van der Waals surface area contributed by atoms with Crippen LogP contribution in [0, 0.1) is 0 Å². The molecule has 0 saturated carbocycles. The standard InChI is InChI=1S/C14H16N2O4/c17-12(15-9-14(19)20)8-10-3-5-11(6-4-10)16-7-1-2-13(16)18/h3-6H,1-2,7-9H2,(H,15,17)(H,19,20). The molecule has 2 amide bonds. The zero-order valence-corrected chi connectivity index (χ0v) is 11.0. The molecule has 0 aliphatic carbocycles. The Labute approximate surface area is 116 Å². The van der Waals surface area contributed by atoms with Gasteiger partial charge in [0.15, 0.2) is 0 Å². The molecule has 0 aromatic heterocycles. The Morgan fingerprint density at radius 2 is 1.95 bits per heavy atom. The average Bonchev–Trinajstić information content (AvgIpc) is 2.84. The first-order valence-corrected chi connectivity index (χ1v) is 6.44. The summed E-state index contributed by atoms with van der Waals surface area (Å²) in [6, 6.07) is 7.18. The van der Waals surface area contributed by atoms with Crippen LogP contribution in [-0.4, -0.2) is 36.0 Å². The van der Waals surface area contributed by atoms with Crippen molar-refractivity contribution in [3.05, 3.63) is 29.8 Å². The summed E-state index contributed by atoms with van der Waals surface area (Å²) in [4.78, 5) is 35.1. The van der Waals surface area contributed by atoms with Gasteiger partial charge in [-0.25, -0.2) is 0 Å². The van der Waals surface area contributed by atoms with Gasteiger partial charge in [0, 0.05) is 18.7 Å². The molecule has 1 aromatic rings. The van der Waals surface area contributed by atoms with E-state index in [2.05, 4.69) is 5.32 Å². The highest BCUT2D eigenvalue weighted by atomic mass is 16.4. The molecule has 0 atom stereocenters. The van der Waals surface area contributed by atoms with E-state index in [0.29, 0.717) is 6.42 Å². The summed E-state index contributed by atoms with van der Waals surface area (Å²) in [5.41, 5.74) is 1.62. The lowest BCUT2D eigenvalue weighted by Crippen LogP contribution is -2.30. The quantitative estimate of drug-likeness (QED) is 0.822.